The molecule has 0 saturated heterocycles. The molecule has 0 aliphatic carbocycles. The normalized spacial score (nSPS) is 10.6. The molecule has 0 aliphatic rings. The largest absolute Gasteiger partial charge is 0.310 e. The van der Waals surface area contributed by atoms with Crippen LogP contribution in [0.3, 0.4) is 0 Å². The second-order valence-electron chi connectivity index (χ2n) is 3.26. The van der Waals surface area contributed by atoms with Crippen LogP contribution >= 0.6 is 11.6 Å². The molecule has 0 unspecified atom stereocenters. The summed E-state index contributed by atoms with van der Waals surface area (Å²) in [6, 6.07) is 0. The zero-order valence-electron chi connectivity index (χ0n) is 9.09. The molecule has 84 valence electrons. The number of aryl methyl sites for hydroxylation is 1. The summed E-state index contributed by atoms with van der Waals surface area (Å²) in [5.41, 5.74) is 0.503. The third-order valence-electron chi connectivity index (χ3n) is 2.07. The molecule has 1 rings (SSSR count). The van der Waals surface area contributed by atoms with E-state index < -0.39 is 0 Å². The highest BCUT2D eigenvalue weighted by Gasteiger charge is 2.15. The number of nitrogens with zero attached hydrogens (tertiary/aromatic N) is 2. The molecule has 0 fully saturated rings. The molecule has 0 radical (unpaired) electrons. The number of carbonyl (C=O) groups is 1. The average molecular weight is 230 g/mol. The highest BCUT2D eigenvalue weighted by Crippen LogP contribution is 2.15. The molecule has 0 atom stereocenters. The predicted molar refractivity (Wildman–Crippen MR) is 60.4 cm³/mol. The van der Waals surface area contributed by atoms with Crippen LogP contribution in [0.25, 0.3) is 0 Å². The number of Topliss-reactive ketones (excluding diaryl/α,β-unsaturated/α-hetero) is 1. The third-order valence-corrected chi connectivity index (χ3v) is 2.35. The number of rotatable bonds is 6. The minimum Gasteiger partial charge on any atom is -0.310 e. The zero-order valence-corrected chi connectivity index (χ0v) is 9.84. The smallest absolute Gasteiger partial charge is 0.196 e. The Morgan fingerprint density at radius 3 is 2.93 bits per heavy atom. The van der Waals surface area contributed by atoms with E-state index in [0.29, 0.717) is 23.8 Å². The van der Waals surface area contributed by atoms with Gasteiger partial charge in [-0.2, -0.15) is 5.10 Å². The lowest BCUT2D eigenvalue weighted by Crippen LogP contribution is -2.25. The Bertz CT molecular complexity index is 335. The summed E-state index contributed by atoms with van der Waals surface area (Å²) in [7, 11) is 0. The Hall–Kier alpha value is -0.870. The maximum atomic E-state index is 11.8. The van der Waals surface area contributed by atoms with Crippen LogP contribution in [0.5, 0.6) is 0 Å². The summed E-state index contributed by atoms with van der Waals surface area (Å²) in [6.07, 6.45) is 2.52. The third kappa shape index (κ3) is 3.04. The van der Waals surface area contributed by atoms with E-state index in [1.165, 1.54) is 6.20 Å². The Morgan fingerprint density at radius 1 is 1.60 bits per heavy atom. The number of hydrogen-bond acceptors (Lipinski definition) is 3. The van der Waals surface area contributed by atoms with Gasteiger partial charge in [0, 0.05) is 6.54 Å². The van der Waals surface area contributed by atoms with Gasteiger partial charge in [-0.05, 0) is 19.9 Å². The van der Waals surface area contributed by atoms with Crippen molar-refractivity contribution in [3.05, 3.63) is 16.9 Å². The molecule has 0 amide bonds. The second kappa shape index (κ2) is 5.88. The zero-order chi connectivity index (χ0) is 11.3. The van der Waals surface area contributed by atoms with Gasteiger partial charge in [0.25, 0.3) is 0 Å². The van der Waals surface area contributed by atoms with Gasteiger partial charge < -0.3 is 5.32 Å². The van der Waals surface area contributed by atoms with E-state index in [9.17, 15) is 4.79 Å². The quantitative estimate of drug-likeness (QED) is 0.597. The highest BCUT2D eigenvalue weighted by atomic mass is 35.5. The average Bonchev–Trinajstić information content (AvgIpc) is 2.59. The van der Waals surface area contributed by atoms with Crippen LogP contribution in [0.15, 0.2) is 6.20 Å². The van der Waals surface area contributed by atoms with Gasteiger partial charge in [0.15, 0.2) is 5.78 Å². The van der Waals surface area contributed by atoms with Gasteiger partial charge in [0.2, 0.25) is 0 Å². The topological polar surface area (TPSA) is 46.9 Å². The molecule has 15 heavy (non-hydrogen) atoms. The summed E-state index contributed by atoms with van der Waals surface area (Å²) < 4.78 is 1.62. The molecule has 0 saturated carbocycles. The lowest BCUT2D eigenvalue weighted by atomic mass is 10.2. The van der Waals surface area contributed by atoms with Gasteiger partial charge in [-0.25, -0.2) is 0 Å². The number of carbonyl (C=O) groups excluding carboxylic acids is 1. The van der Waals surface area contributed by atoms with Crippen LogP contribution in [0.2, 0.25) is 5.02 Å². The summed E-state index contributed by atoms with van der Waals surface area (Å²) in [6.45, 7) is 5.80. The second-order valence-corrected chi connectivity index (χ2v) is 3.66. The number of aromatic nitrogens is 2. The van der Waals surface area contributed by atoms with Crippen molar-refractivity contribution in [2.45, 2.75) is 26.8 Å². The molecule has 1 aromatic heterocycles. The van der Waals surface area contributed by atoms with Crippen LogP contribution < -0.4 is 5.32 Å². The first-order valence-electron chi connectivity index (χ1n) is 5.15. The first-order valence-corrected chi connectivity index (χ1v) is 5.53. The fourth-order valence-corrected chi connectivity index (χ4v) is 1.59. The highest BCUT2D eigenvalue weighted by molar-refractivity contribution is 6.33. The minimum absolute atomic E-state index is 0.00667. The van der Waals surface area contributed by atoms with Crippen molar-refractivity contribution in [2.24, 2.45) is 0 Å². The molecule has 0 bridgehead atoms. The maximum Gasteiger partial charge on any atom is 0.196 e. The van der Waals surface area contributed by atoms with E-state index in [1.54, 1.807) is 4.68 Å². The Balaban J connectivity index is 2.67. The lowest BCUT2D eigenvalue weighted by Gasteiger charge is -2.05. The van der Waals surface area contributed by atoms with Crippen molar-refractivity contribution in [2.75, 3.05) is 13.1 Å². The van der Waals surface area contributed by atoms with E-state index in [0.717, 1.165) is 13.0 Å². The van der Waals surface area contributed by atoms with Crippen molar-refractivity contribution < 1.29 is 4.79 Å². The number of nitrogens with one attached hydrogen (secondary N) is 1. The lowest BCUT2D eigenvalue weighted by molar-refractivity contribution is 0.0981. The van der Waals surface area contributed by atoms with E-state index in [2.05, 4.69) is 17.3 Å². The van der Waals surface area contributed by atoms with Crippen LogP contribution in [-0.4, -0.2) is 28.7 Å². The van der Waals surface area contributed by atoms with Crippen molar-refractivity contribution in [3.8, 4) is 0 Å². The Kier molecular flexibility index (Phi) is 4.78. The minimum atomic E-state index is -0.00667. The van der Waals surface area contributed by atoms with E-state index in [-0.39, 0.29) is 5.78 Å². The molecular formula is C10H16ClN3O. The van der Waals surface area contributed by atoms with Gasteiger partial charge in [-0.1, -0.05) is 18.5 Å². The predicted octanol–water partition coefficient (Wildman–Crippen LogP) is 1.74. The molecular weight excluding hydrogens is 214 g/mol. The first-order chi connectivity index (χ1) is 7.20. The monoisotopic (exact) mass is 229 g/mol. The van der Waals surface area contributed by atoms with Crippen LogP contribution in [-0.2, 0) is 6.54 Å². The van der Waals surface area contributed by atoms with Gasteiger partial charge in [0.05, 0.1) is 17.8 Å². The summed E-state index contributed by atoms with van der Waals surface area (Å²) >= 11 is 5.90. The molecule has 0 aromatic carbocycles. The van der Waals surface area contributed by atoms with Crippen molar-refractivity contribution in [1.82, 2.24) is 15.1 Å². The standard InChI is InChI=1S/C10H16ClN3O/c1-3-5-12-7-9(15)10-8(11)6-13-14(10)4-2/h6,12H,3-5,7H2,1-2H3. The molecule has 1 aromatic rings. The fourth-order valence-electron chi connectivity index (χ4n) is 1.34. The Morgan fingerprint density at radius 2 is 2.33 bits per heavy atom. The molecule has 0 aliphatic heterocycles. The van der Waals surface area contributed by atoms with Crippen molar-refractivity contribution in [1.29, 1.82) is 0 Å². The van der Waals surface area contributed by atoms with Gasteiger partial charge in [0.1, 0.15) is 5.69 Å². The summed E-state index contributed by atoms with van der Waals surface area (Å²) in [4.78, 5) is 11.8. The summed E-state index contributed by atoms with van der Waals surface area (Å²) in [5, 5.41) is 7.50. The van der Waals surface area contributed by atoms with Gasteiger partial charge in [-0.15, -0.1) is 0 Å². The van der Waals surface area contributed by atoms with Crippen LogP contribution in [0, 0.1) is 0 Å². The number of hydrogen-bond donors (Lipinski definition) is 1. The fraction of sp³-hybridized carbons (Fsp3) is 0.600. The number of ketones is 1. The molecule has 5 heteroatoms. The van der Waals surface area contributed by atoms with Crippen molar-refractivity contribution >= 4 is 17.4 Å². The van der Waals surface area contributed by atoms with E-state index >= 15 is 0 Å². The SMILES string of the molecule is CCCNCC(=O)c1c(Cl)cnn1CC. The van der Waals surface area contributed by atoms with Crippen LogP contribution in [0.4, 0.5) is 0 Å². The van der Waals surface area contributed by atoms with Crippen LogP contribution in [0.1, 0.15) is 30.8 Å². The molecule has 1 heterocycles. The molecule has 0 spiro atoms. The van der Waals surface area contributed by atoms with E-state index in [1.807, 2.05) is 6.92 Å². The maximum absolute atomic E-state index is 11.8. The summed E-state index contributed by atoms with van der Waals surface area (Å²) in [5.74, 6) is -0.00667. The molecule has 4 nitrogen and oxygen atoms in total. The van der Waals surface area contributed by atoms with Gasteiger partial charge >= 0.3 is 0 Å². The van der Waals surface area contributed by atoms with E-state index in [4.69, 9.17) is 11.6 Å². The molecule has 1 N–H and O–H groups in total. The van der Waals surface area contributed by atoms with Gasteiger partial charge in [-0.3, -0.25) is 9.48 Å². The van der Waals surface area contributed by atoms with Crippen molar-refractivity contribution in [3.63, 3.8) is 0 Å². The first kappa shape index (κ1) is 12.2. The number of halogens is 1. The Labute approximate surface area is 94.6 Å².